The molecular formula is C18H20N4S. The van der Waals surface area contributed by atoms with Crippen LogP contribution in [0.15, 0.2) is 35.3 Å². The summed E-state index contributed by atoms with van der Waals surface area (Å²) >= 11 is 1.65. The summed E-state index contributed by atoms with van der Waals surface area (Å²) in [5, 5.41) is 10.3. The number of nitriles is 1. The molecule has 1 aliphatic rings. The van der Waals surface area contributed by atoms with E-state index in [1.807, 2.05) is 25.1 Å². The van der Waals surface area contributed by atoms with Crippen molar-refractivity contribution in [2.45, 2.75) is 19.5 Å². The Morgan fingerprint density at radius 1 is 1.35 bits per heavy atom. The summed E-state index contributed by atoms with van der Waals surface area (Å²) in [7, 11) is 3.87. The Bertz CT molecular complexity index is 740. The zero-order valence-electron chi connectivity index (χ0n) is 13.5. The predicted molar refractivity (Wildman–Crippen MR) is 95.1 cm³/mol. The molecule has 1 aromatic heterocycles. The molecule has 2 heterocycles. The van der Waals surface area contributed by atoms with E-state index in [-0.39, 0.29) is 0 Å². The maximum atomic E-state index is 9.49. The molecule has 118 valence electrons. The van der Waals surface area contributed by atoms with Gasteiger partial charge in [0.2, 0.25) is 0 Å². The molecule has 2 aromatic rings. The highest BCUT2D eigenvalue weighted by atomic mass is 32.1. The molecule has 0 fully saturated rings. The zero-order chi connectivity index (χ0) is 16.2. The van der Waals surface area contributed by atoms with E-state index in [0.717, 1.165) is 36.6 Å². The number of hydrogen-bond donors (Lipinski definition) is 0. The van der Waals surface area contributed by atoms with Gasteiger partial charge >= 0.3 is 0 Å². The molecule has 0 bridgehead atoms. The van der Waals surface area contributed by atoms with Crippen LogP contribution in [0.2, 0.25) is 0 Å². The molecule has 1 aromatic carbocycles. The van der Waals surface area contributed by atoms with Crippen LogP contribution in [-0.4, -0.2) is 36.8 Å². The topological polar surface area (TPSA) is 42.6 Å². The van der Waals surface area contributed by atoms with E-state index >= 15 is 0 Å². The predicted octanol–water partition coefficient (Wildman–Crippen LogP) is 3.40. The van der Waals surface area contributed by atoms with E-state index in [0.29, 0.717) is 0 Å². The first-order chi connectivity index (χ1) is 11.2. The first-order valence-electron chi connectivity index (χ1n) is 7.69. The lowest BCUT2D eigenvalue weighted by Crippen LogP contribution is -2.29. The van der Waals surface area contributed by atoms with Gasteiger partial charge in [-0.05, 0) is 17.5 Å². The summed E-state index contributed by atoms with van der Waals surface area (Å²) in [5.74, 6) is 0. The fourth-order valence-electron chi connectivity index (χ4n) is 2.79. The molecule has 0 saturated heterocycles. The van der Waals surface area contributed by atoms with Crippen molar-refractivity contribution in [3.05, 3.63) is 51.9 Å². The smallest absolute Gasteiger partial charge is 0.136 e. The van der Waals surface area contributed by atoms with E-state index in [1.54, 1.807) is 17.7 Å². The molecule has 0 saturated carbocycles. The molecule has 1 aliphatic heterocycles. The number of thiophene rings is 1. The summed E-state index contributed by atoms with van der Waals surface area (Å²) in [4.78, 5) is 10.1. The van der Waals surface area contributed by atoms with Crippen molar-refractivity contribution in [2.24, 2.45) is 4.99 Å². The van der Waals surface area contributed by atoms with Gasteiger partial charge in [-0.3, -0.25) is 4.90 Å². The summed E-state index contributed by atoms with van der Waals surface area (Å²) in [5.41, 5.74) is 3.30. The molecule has 0 unspecified atom stereocenters. The number of aliphatic imine (C=N–C) groups is 1. The van der Waals surface area contributed by atoms with Gasteiger partial charge in [-0.15, -0.1) is 11.3 Å². The quantitative estimate of drug-likeness (QED) is 0.639. The van der Waals surface area contributed by atoms with E-state index < -0.39 is 0 Å². The normalized spacial score (nSPS) is 14.7. The molecule has 4 nitrogen and oxygen atoms in total. The van der Waals surface area contributed by atoms with Crippen LogP contribution >= 0.6 is 11.3 Å². The minimum atomic E-state index is 0.766. The van der Waals surface area contributed by atoms with Crippen LogP contribution in [0.5, 0.6) is 0 Å². The second kappa shape index (κ2) is 6.95. The van der Waals surface area contributed by atoms with Crippen molar-refractivity contribution < 1.29 is 0 Å². The molecule has 23 heavy (non-hydrogen) atoms. The number of hydrogen-bond acceptors (Lipinski definition) is 4. The summed E-state index contributed by atoms with van der Waals surface area (Å²) < 4.78 is 0. The maximum Gasteiger partial charge on any atom is 0.136 e. The minimum absolute atomic E-state index is 0.766. The second-order valence-electron chi connectivity index (χ2n) is 5.95. The monoisotopic (exact) mass is 324 g/mol. The molecule has 0 N–H and O–H groups in total. The fourth-order valence-corrected chi connectivity index (χ4v) is 3.97. The number of fused-ring (bicyclic) bond motifs is 1. The molecule has 0 aliphatic carbocycles. The lowest BCUT2D eigenvalue weighted by atomic mass is 10.0. The number of rotatable bonds is 4. The Balaban J connectivity index is 1.80. The lowest BCUT2D eigenvalue weighted by Gasteiger charge is -2.26. The van der Waals surface area contributed by atoms with E-state index in [1.165, 1.54) is 16.0 Å². The molecular weight excluding hydrogens is 304 g/mol. The third-order valence-corrected chi connectivity index (χ3v) is 5.01. The van der Waals surface area contributed by atoms with Crippen LogP contribution in [0, 0.1) is 11.3 Å². The number of nitrogens with zero attached hydrogens (tertiary/aromatic N) is 4. The van der Waals surface area contributed by atoms with Crippen molar-refractivity contribution in [3.63, 3.8) is 0 Å². The third kappa shape index (κ3) is 3.61. The molecule has 0 atom stereocenters. The highest BCUT2D eigenvalue weighted by molar-refractivity contribution is 7.16. The fraction of sp³-hybridized carbons (Fsp3) is 0.333. The van der Waals surface area contributed by atoms with Crippen molar-refractivity contribution >= 4 is 22.7 Å². The maximum absolute atomic E-state index is 9.49. The van der Waals surface area contributed by atoms with Crippen LogP contribution < -0.4 is 0 Å². The van der Waals surface area contributed by atoms with E-state index in [9.17, 15) is 5.26 Å². The van der Waals surface area contributed by atoms with Gasteiger partial charge in [0.05, 0.1) is 11.9 Å². The highest BCUT2D eigenvalue weighted by Crippen LogP contribution is 2.38. The van der Waals surface area contributed by atoms with Gasteiger partial charge in [0.25, 0.3) is 0 Å². The second-order valence-corrected chi connectivity index (χ2v) is 7.03. The minimum Gasteiger partial charge on any atom is -0.369 e. The first kappa shape index (κ1) is 15.7. The third-order valence-electron chi connectivity index (χ3n) is 3.88. The summed E-state index contributed by atoms with van der Waals surface area (Å²) in [6.45, 7) is 2.85. The Morgan fingerprint density at radius 3 is 2.83 bits per heavy atom. The molecule has 0 spiro atoms. The van der Waals surface area contributed by atoms with Gasteiger partial charge in [-0.1, -0.05) is 30.3 Å². The molecule has 0 radical (unpaired) electrons. The first-order valence-corrected chi connectivity index (χ1v) is 8.50. The van der Waals surface area contributed by atoms with Crippen molar-refractivity contribution in [1.82, 2.24) is 9.80 Å². The Labute approximate surface area is 141 Å². The van der Waals surface area contributed by atoms with Gasteiger partial charge in [0, 0.05) is 38.6 Å². The van der Waals surface area contributed by atoms with Crippen molar-refractivity contribution in [3.8, 4) is 6.07 Å². The van der Waals surface area contributed by atoms with Gasteiger partial charge in [-0.25, -0.2) is 4.99 Å². The van der Waals surface area contributed by atoms with Crippen molar-refractivity contribution in [1.29, 1.82) is 5.26 Å². The van der Waals surface area contributed by atoms with Crippen LogP contribution in [0.1, 0.15) is 21.6 Å². The van der Waals surface area contributed by atoms with Crippen LogP contribution in [0.4, 0.5) is 5.00 Å². The van der Waals surface area contributed by atoms with Crippen molar-refractivity contribution in [2.75, 3.05) is 20.6 Å². The standard InChI is InChI=1S/C18H20N4S/c1-21(2)13-20-18-16(10-19)15-8-9-22(12-17(15)23-18)11-14-6-4-3-5-7-14/h3-7,13H,8-9,11-12H2,1-2H3. The molecule has 0 amide bonds. The lowest BCUT2D eigenvalue weighted by molar-refractivity contribution is 0.249. The largest absolute Gasteiger partial charge is 0.369 e. The summed E-state index contributed by atoms with van der Waals surface area (Å²) in [6.07, 6.45) is 2.69. The van der Waals surface area contributed by atoms with Crippen LogP contribution in [0.25, 0.3) is 0 Å². The molecule has 5 heteroatoms. The summed E-state index contributed by atoms with van der Waals surface area (Å²) in [6, 6.07) is 12.9. The van der Waals surface area contributed by atoms with Gasteiger partial charge < -0.3 is 4.90 Å². The van der Waals surface area contributed by atoms with E-state index in [4.69, 9.17) is 0 Å². The number of benzene rings is 1. The van der Waals surface area contributed by atoms with Crippen LogP contribution in [0.3, 0.4) is 0 Å². The molecule has 3 rings (SSSR count). The van der Waals surface area contributed by atoms with E-state index in [2.05, 4.69) is 40.2 Å². The van der Waals surface area contributed by atoms with Gasteiger partial charge in [-0.2, -0.15) is 5.26 Å². The SMILES string of the molecule is CN(C)C=Nc1sc2c(c1C#N)CCN(Cc1ccccc1)C2. The zero-order valence-corrected chi connectivity index (χ0v) is 14.3. The Morgan fingerprint density at radius 2 is 2.13 bits per heavy atom. The highest BCUT2D eigenvalue weighted by Gasteiger charge is 2.24. The Hall–Kier alpha value is -2.16. The Kier molecular flexibility index (Phi) is 4.75. The average Bonchev–Trinajstić information content (AvgIpc) is 2.90. The average molecular weight is 324 g/mol. The van der Waals surface area contributed by atoms with Gasteiger partial charge in [0.15, 0.2) is 0 Å². The van der Waals surface area contributed by atoms with Crippen LogP contribution in [-0.2, 0) is 19.5 Å². The van der Waals surface area contributed by atoms with Gasteiger partial charge in [0.1, 0.15) is 11.1 Å².